The maximum absolute atomic E-state index is 13.2. The van der Waals surface area contributed by atoms with Crippen LogP contribution in [0, 0.1) is 16.0 Å². The first-order chi connectivity index (χ1) is 18.4. The summed E-state index contributed by atoms with van der Waals surface area (Å²) in [5.41, 5.74) is 10.4. The van der Waals surface area contributed by atoms with Crippen molar-refractivity contribution in [3.8, 4) is 0 Å². The Hall–Kier alpha value is -3.72. The van der Waals surface area contributed by atoms with Crippen LogP contribution in [-0.2, 0) is 25.4 Å². The second-order valence-electron chi connectivity index (χ2n) is 11.2. The number of hydrogen-bond acceptors (Lipinski definition) is 8. The number of carbonyl (C=O) groups is 4. The molecule has 0 fully saturated rings. The van der Waals surface area contributed by atoms with E-state index in [2.05, 4.69) is 36.7 Å². The summed E-state index contributed by atoms with van der Waals surface area (Å²) in [6.45, 7) is 13.7. The second-order valence-corrected chi connectivity index (χ2v) is 16.0. The number of amides is 5. The highest BCUT2D eigenvalue weighted by Gasteiger charge is 2.37. The van der Waals surface area contributed by atoms with Gasteiger partial charge in [-0.05, 0) is 49.0 Å². The molecule has 5 amide bonds. The zero-order chi connectivity index (χ0) is 30.8. The van der Waals surface area contributed by atoms with Gasteiger partial charge in [0, 0.05) is 18.3 Å². The van der Waals surface area contributed by atoms with E-state index in [1.165, 1.54) is 18.2 Å². The monoisotopic (exact) mass is 582 g/mol. The van der Waals surface area contributed by atoms with Gasteiger partial charge in [-0.3, -0.25) is 19.7 Å². The van der Waals surface area contributed by atoms with Crippen molar-refractivity contribution in [1.82, 2.24) is 10.6 Å². The van der Waals surface area contributed by atoms with Crippen molar-refractivity contribution in [2.24, 2.45) is 17.4 Å². The van der Waals surface area contributed by atoms with E-state index in [4.69, 9.17) is 20.6 Å². The first kappa shape index (κ1) is 34.3. The first-order valence-electron chi connectivity index (χ1n) is 12.9. The van der Waals surface area contributed by atoms with Crippen LogP contribution >= 0.6 is 0 Å². The maximum Gasteiger partial charge on any atom is 0.405 e. The summed E-state index contributed by atoms with van der Waals surface area (Å²) in [6.07, 6.45) is -2.07. The molecule has 2 unspecified atom stereocenters. The molecule has 0 saturated heterocycles. The van der Waals surface area contributed by atoms with Gasteiger partial charge in [0.05, 0.1) is 17.1 Å². The molecule has 0 spiro atoms. The standard InChI is InChI=1S/C25H42N6O8Si/c1-15(2)20(39-24(27)35)22(33)30-18(9-8-12-28-23(26)34)21(32)29-17-11-10-16(19(13-17)31(36)37)14-38-40(6,7)25(3,4)5/h10-11,13,15,18,20H,8-9,12,14H2,1-7H3,(H2,27,35)(H,29,32)(H,30,33)(H3,26,28,34). The molecule has 0 aliphatic heterocycles. The molecule has 1 aromatic carbocycles. The topological polar surface area (TPSA) is 218 Å². The Morgan fingerprint density at radius 2 is 1.73 bits per heavy atom. The van der Waals surface area contributed by atoms with Gasteiger partial charge >= 0.3 is 12.1 Å². The first-order valence-corrected chi connectivity index (χ1v) is 15.8. The van der Waals surface area contributed by atoms with Crippen molar-refractivity contribution in [2.75, 3.05) is 11.9 Å². The Morgan fingerprint density at radius 1 is 1.10 bits per heavy atom. The van der Waals surface area contributed by atoms with Gasteiger partial charge in [0.25, 0.3) is 11.6 Å². The van der Waals surface area contributed by atoms with Crippen LogP contribution in [0.15, 0.2) is 18.2 Å². The molecule has 0 aromatic heterocycles. The van der Waals surface area contributed by atoms with Gasteiger partial charge < -0.3 is 36.6 Å². The molecule has 0 saturated carbocycles. The summed E-state index contributed by atoms with van der Waals surface area (Å²) in [6, 6.07) is 2.37. The van der Waals surface area contributed by atoms with Crippen LogP contribution in [-0.4, -0.2) is 55.9 Å². The van der Waals surface area contributed by atoms with Crippen molar-refractivity contribution in [3.05, 3.63) is 33.9 Å². The van der Waals surface area contributed by atoms with Gasteiger partial charge in [-0.15, -0.1) is 0 Å². The number of nitro groups is 1. The van der Waals surface area contributed by atoms with E-state index in [1.54, 1.807) is 13.8 Å². The van der Waals surface area contributed by atoms with Gasteiger partial charge in [-0.25, -0.2) is 9.59 Å². The molecule has 0 aliphatic rings. The molecular weight excluding hydrogens is 540 g/mol. The normalized spacial score (nSPS) is 13.2. The van der Waals surface area contributed by atoms with Gasteiger partial charge in [-0.1, -0.05) is 34.6 Å². The molecule has 1 aromatic rings. The summed E-state index contributed by atoms with van der Waals surface area (Å²) in [7, 11) is -2.17. The van der Waals surface area contributed by atoms with E-state index in [-0.39, 0.29) is 42.4 Å². The molecule has 14 nitrogen and oxygen atoms in total. The molecule has 40 heavy (non-hydrogen) atoms. The predicted molar refractivity (Wildman–Crippen MR) is 152 cm³/mol. The van der Waals surface area contributed by atoms with E-state index < -0.39 is 55.2 Å². The number of rotatable bonds is 14. The lowest BCUT2D eigenvalue weighted by molar-refractivity contribution is -0.385. The van der Waals surface area contributed by atoms with Crippen molar-refractivity contribution < 1.29 is 33.3 Å². The lowest BCUT2D eigenvalue weighted by Gasteiger charge is -2.36. The number of nitro benzene ring substituents is 1. The van der Waals surface area contributed by atoms with Crippen molar-refractivity contribution in [3.63, 3.8) is 0 Å². The summed E-state index contributed by atoms with van der Waals surface area (Å²) in [4.78, 5) is 59.5. The smallest absolute Gasteiger partial charge is 0.405 e. The Bertz CT molecular complexity index is 1090. The number of anilines is 1. The minimum Gasteiger partial charge on any atom is -0.436 e. The largest absolute Gasteiger partial charge is 0.436 e. The fourth-order valence-corrected chi connectivity index (χ4v) is 4.24. The van der Waals surface area contributed by atoms with Crippen molar-refractivity contribution in [1.29, 1.82) is 0 Å². The summed E-state index contributed by atoms with van der Waals surface area (Å²) in [5.74, 6) is -1.87. The third-order valence-corrected chi connectivity index (χ3v) is 11.1. The number of benzene rings is 1. The Labute approximate surface area is 235 Å². The third-order valence-electron chi connectivity index (χ3n) is 6.65. The SMILES string of the molecule is CC(C)C(OC(N)=O)C(=O)NC(CCCNC(N)=O)C(=O)Nc1ccc(CO[Si](C)(C)C(C)(C)C)c([N+](=O)[O-])c1. The zero-order valence-electron chi connectivity index (χ0n) is 24.2. The number of hydrogen-bond donors (Lipinski definition) is 5. The highest BCUT2D eigenvalue weighted by atomic mass is 28.4. The molecule has 0 heterocycles. The van der Waals surface area contributed by atoms with Crippen LogP contribution in [0.5, 0.6) is 0 Å². The number of carbonyl (C=O) groups excluding carboxylic acids is 4. The van der Waals surface area contributed by atoms with E-state index in [1.807, 2.05) is 13.1 Å². The summed E-state index contributed by atoms with van der Waals surface area (Å²) in [5, 5.41) is 19.2. The van der Waals surface area contributed by atoms with Gasteiger partial charge in [0.1, 0.15) is 6.04 Å². The maximum atomic E-state index is 13.2. The van der Waals surface area contributed by atoms with E-state index in [0.717, 1.165) is 0 Å². The number of nitrogens with one attached hydrogen (secondary N) is 3. The summed E-state index contributed by atoms with van der Waals surface area (Å²) >= 11 is 0. The lowest BCUT2D eigenvalue weighted by atomic mass is 10.0. The molecule has 7 N–H and O–H groups in total. The van der Waals surface area contributed by atoms with Crippen LogP contribution in [0.4, 0.5) is 21.0 Å². The highest BCUT2D eigenvalue weighted by molar-refractivity contribution is 6.74. The lowest BCUT2D eigenvalue weighted by Crippen LogP contribution is -2.50. The fraction of sp³-hybridized carbons (Fsp3) is 0.600. The number of nitrogens with two attached hydrogens (primary N) is 2. The van der Waals surface area contributed by atoms with Gasteiger partial charge in [-0.2, -0.15) is 0 Å². The van der Waals surface area contributed by atoms with Crippen LogP contribution in [0.3, 0.4) is 0 Å². The Kier molecular flexibility index (Phi) is 12.5. The van der Waals surface area contributed by atoms with Crippen LogP contribution in [0.25, 0.3) is 0 Å². The average molecular weight is 583 g/mol. The van der Waals surface area contributed by atoms with Crippen LogP contribution in [0.2, 0.25) is 18.1 Å². The van der Waals surface area contributed by atoms with Crippen LogP contribution < -0.4 is 27.4 Å². The van der Waals surface area contributed by atoms with E-state index in [0.29, 0.717) is 5.56 Å². The molecule has 0 radical (unpaired) electrons. The summed E-state index contributed by atoms with van der Waals surface area (Å²) < 4.78 is 11.0. The van der Waals surface area contributed by atoms with Crippen LogP contribution in [0.1, 0.15) is 53.0 Å². The Morgan fingerprint density at radius 3 is 2.23 bits per heavy atom. The number of nitrogens with zero attached hydrogens (tertiary/aromatic N) is 1. The third kappa shape index (κ3) is 10.8. The average Bonchev–Trinajstić information content (AvgIpc) is 2.82. The zero-order valence-corrected chi connectivity index (χ0v) is 25.2. The predicted octanol–water partition coefficient (Wildman–Crippen LogP) is 3.11. The van der Waals surface area contributed by atoms with Crippen molar-refractivity contribution in [2.45, 2.75) is 84.3 Å². The fourth-order valence-electron chi connectivity index (χ4n) is 3.30. The van der Waals surface area contributed by atoms with E-state index in [9.17, 15) is 29.3 Å². The number of ether oxygens (including phenoxy) is 1. The number of urea groups is 1. The second kappa shape index (κ2) is 14.6. The number of primary amides is 2. The Balaban J connectivity index is 3.15. The molecule has 1 rings (SSSR count). The van der Waals surface area contributed by atoms with Crippen molar-refractivity contribution >= 4 is 43.6 Å². The molecular formula is C25H42N6O8Si. The van der Waals surface area contributed by atoms with E-state index >= 15 is 0 Å². The minimum atomic E-state index is -2.17. The molecule has 0 bridgehead atoms. The minimum absolute atomic E-state index is 0.0447. The van der Waals surface area contributed by atoms with Gasteiger partial charge in [0.15, 0.2) is 14.4 Å². The molecule has 2 atom stereocenters. The quantitative estimate of drug-likeness (QED) is 0.0947. The molecule has 0 aliphatic carbocycles. The molecule has 15 heteroatoms. The molecule has 224 valence electrons. The highest BCUT2D eigenvalue weighted by Crippen LogP contribution is 2.37. The van der Waals surface area contributed by atoms with Gasteiger partial charge in [0.2, 0.25) is 5.91 Å².